The molecule has 2 nitrogen and oxygen atoms in total. The predicted molar refractivity (Wildman–Crippen MR) is 92.4 cm³/mol. The van der Waals surface area contributed by atoms with Gasteiger partial charge in [0.15, 0.2) is 0 Å². The maximum atomic E-state index is 12.3. The van der Waals surface area contributed by atoms with Crippen LogP contribution in [-0.2, 0) is 4.74 Å². The van der Waals surface area contributed by atoms with E-state index in [2.05, 4.69) is 32.0 Å². The van der Waals surface area contributed by atoms with Crippen molar-refractivity contribution < 1.29 is 9.53 Å². The molecule has 2 aromatic rings. The maximum Gasteiger partial charge on any atom is 0.338 e. The second kappa shape index (κ2) is 6.51. The number of benzene rings is 2. The molecule has 0 heterocycles. The number of fused-ring (bicyclic) bond motifs is 1. The molecule has 0 amide bonds. The summed E-state index contributed by atoms with van der Waals surface area (Å²) in [5.74, 6) is 0.305. The van der Waals surface area contributed by atoms with Crippen molar-refractivity contribution in [1.82, 2.24) is 0 Å². The maximum absolute atomic E-state index is 12.3. The summed E-state index contributed by atoms with van der Waals surface area (Å²) in [7, 11) is 0. The first kappa shape index (κ1) is 16.5. The molecule has 0 aromatic heterocycles. The molecule has 0 fully saturated rings. The van der Waals surface area contributed by atoms with Crippen molar-refractivity contribution in [3.8, 4) is 0 Å². The topological polar surface area (TPSA) is 26.3 Å². The van der Waals surface area contributed by atoms with Crippen LogP contribution in [0.25, 0.3) is 10.8 Å². The van der Waals surface area contributed by atoms with E-state index in [0.717, 1.165) is 18.2 Å². The highest BCUT2D eigenvalue weighted by atomic mass is 16.6. The molecular weight excluding hydrogens is 272 g/mol. The molecule has 0 aliphatic carbocycles. The minimum atomic E-state index is -0.424. The quantitative estimate of drug-likeness (QED) is 0.662. The molecule has 0 spiro atoms. The fraction of sp³-hybridized carbons (Fsp3) is 0.450. The largest absolute Gasteiger partial charge is 0.456 e. The van der Waals surface area contributed by atoms with Crippen LogP contribution < -0.4 is 0 Å². The molecule has 0 bridgehead atoms. The Kier molecular flexibility index (Phi) is 4.90. The van der Waals surface area contributed by atoms with Crippen molar-refractivity contribution in [2.24, 2.45) is 0 Å². The minimum absolute atomic E-state index is 0.250. The molecule has 118 valence electrons. The average molecular weight is 298 g/mol. The second-order valence-corrected chi connectivity index (χ2v) is 6.63. The first-order chi connectivity index (χ1) is 10.4. The van der Waals surface area contributed by atoms with E-state index in [9.17, 15) is 4.79 Å². The van der Waals surface area contributed by atoms with Crippen LogP contribution in [0.2, 0.25) is 0 Å². The lowest BCUT2D eigenvalue weighted by molar-refractivity contribution is -0.00241. The molecule has 0 radical (unpaired) electrons. The number of hydrogen-bond acceptors (Lipinski definition) is 2. The smallest absolute Gasteiger partial charge is 0.338 e. The minimum Gasteiger partial charge on any atom is -0.456 e. The van der Waals surface area contributed by atoms with Crippen LogP contribution in [0.5, 0.6) is 0 Å². The van der Waals surface area contributed by atoms with Crippen LogP contribution in [0.15, 0.2) is 36.4 Å². The van der Waals surface area contributed by atoms with Gasteiger partial charge < -0.3 is 4.74 Å². The molecule has 1 atom stereocenters. The lowest BCUT2D eigenvalue weighted by Crippen LogP contribution is -2.27. The monoisotopic (exact) mass is 298 g/mol. The van der Waals surface area contributed by atoms with E-state index < -0.39 is 5.60 Å². The van der Waals surface area contributed by atoms with E-state index in [1.54, 1.807) is 0 Å². The Morgan fingerprint density at radius 1 is 1.09 bits per heavy atom. The zero-order valence-electron chi connectivity index (χ0n) is 14.3. The summed E-state index contributed by atoms with van der Waals surface area (Å²) in [5.41, 5.74) is 1.54. The molecule has 0 saturated carbocycles. The Morgan fingerprint density at radius 3 is 2.36 bits per heavy atom. The fourth-order valence-electron chi connectivity index (χ4n) is 2.32. The molecule has 0 N–H and O–H groups in total. The van der Waals surface area contributed by atoms with Crippen LogP contribution in [0.1, 0.15) is 69.3 Å². The zero-order chi connectivity index (χ0) is 16.3. The number of hydrogen-bond donors (Lipinski definition) is 0. The van der Waals surface area contributed by atoms with Gasteiger partial charge in [-0.25, -0.2) is 4.79 Å². The summed E-state index contributed by atoms with van der Waals surface area (Å²) < 4.78 is 5.56. The number of esters is 1. The van der Waals surface area contributed by atoms with Crippen LogP contribution in [0.3, 0.4) is 0 Å². The summed E-state index contributed by atoms with van der Waals surface area (Å²) in [6.07, 6.45) is 1.92. The zero-order valence-corrected chi connectivity index (χ0v) is 14.3. The molecule has 2 rings (SSSR count). The van der Waals surface area contributed by atoms with Crippen molar-refractivity contribution in [3.05, 3.63) is 47.5 Å². The summed E-state index contributed by atoms with van der Waals surface area (Å²) in [5, 5.41) is 2.25. The third-order valence-electron chi connectivity index (χ3n) is 4.50. The van der Waals surface area contributed by atoms with Crippen molar-refractivity contribution in [2.45, 2.75) is 59.0 Å². The van der Waals surface area contributed by atoms with E-state index >= 15 is 0 Å². The van der Waals surface area contributed by atoms with Crippen molar-refractivity contribution in [3.63, 3.8) is 0 Å². The van der Waals surface area contributed by atoms with Gasteiger partial charge >= 0.3 is 5.97 Å². The highest BCUT2D eigenvalue weighted by Crippen LogP contribution is 2.25. The highest BCUT2D eigenvalue weighted by Gasteiger charge is 2.21. The van der Waals surface area contributed by atoms with Crippen LogP contribution >= 0.6 is 0 Å². The van der Waals surface area contributed by atoms with Gasteiger partial charge in [0, 0.05) is 0 Å². The van der Waals surface area contributed by atoms with Gasteiger partial charge in [0.05, 0.1) is 5.56 Å². The van der Waals surface area contributed by atoms with Gasteiger partial charge in [-0.2, -0.15) is 0 Å². The van der Waals surface area contributed by atoms with Crippen molar-refractivity contribution >= 4 is 16.7 Å². The Bertz CT molecular complexity index is 670. The van der Waals surface area contributed by atoms with E-state index in [1.807, 2.05) is 39.0 Å². The molecule has 2 aromatic carbocycles. The molecule has 0 aliphatic rings. The van der Waals surface area contributed by atoms with Crippen LogP contribution in [0, 0.1) is 0 Å². The number of carbonyl (C=O) groups is 1. The first-order valence-corrected chi connectivity index (χ1v) is 8.13. The van der Waals surface area contributed by atoms with Crippen LogP contribution in [-0.4, -0.2) is 11.6 Å². The third kappa shape index (κ3) is 3.68. The van der Waals surface area contributed by atoms with Gasteiger partial charge in [-0.3, -0.25) is 0 Å². The third-order valence-corrected chi connectivity index (χ3v) is 4.50. The Balaban J connectivity index is 2.29. The van der Waals surface area contributed by atoms with Crippen molar-refractivity contribution in [2.75, 3.05) is 0 Å². The van der Waals surface area contributed by atoms with Gasteiger partial charge in [0.1, 0.15) is 5.60 Å². The SMILES string of the molecule is CCC(C)c1ccc2cc(C(=O)OC(C)(C)CC)ccc2c1. The highest BCUT2D eigenvalue weighted by molar-refractivity contribution is 5.95. The molecule has 0 aliphatic heterocycles. The van der Waals surface area contributed by atoms with Gasteiger partial charge in [-0.05, 0) is 61.1 Å². The Labute approximate surface area is 133 Å². The summed E-state index contributed by atoms with van der Waals surface area (Å²) in [4.78, 5) is 12.3. The van der Waals surface area contributed by atoms with E-state index in [1.165, 1.54) is 10.9 Å². The number of ether oxygens (including phenoxy) is 1. The van der Waals surface area contributed by atoms with E-state index in [0.29, 0.717) is 11.5 Å². The van der Waals surface area contributed by atoms with Gasteiger partial charge in [0.2, 0.25) is 0 Å². The van der Waals surface area contributed by atoms with Crippen LogP contribution in [0.4, 0.5) is 0 Å². The van der Waals surface area contributed by atoms with Crippen molar-refractivity contribution in [1.29, 1.82) is 0 Å². The second-order valence-electron chi connectivity index (χ2n) is 6.63. The van der Waals surface area contributed by atoms with Gasteiger partial charge in [-0.1, -0.05) is 45.0 Å². The first-order valence-electron chi connectivity index (χ1n) is 8.13. The van der Waals surface area contributed by atoms with Gasteiger partial charge in [-0.15, -0.1) is 0 Å². The summed E-state index contributed by atoms with van der Waals surface area (Å²) in [6, 6.07) is 12.3. The predicted octanol–water partition coefficient (Wildman–Crippen LogP) is 5.70. The van der Waals surface area contributed by atoms with Gasteiger partial charge in [0.25, 0.3) is 0 Å². The number of carbonyl (C=O) groups excluding carboxylic acids is 1. The number of rotatable bonds is 5. The van der Waals surface area contributed by atoms with E-state index in [4.69, 9.17) is 4.74 Å². The Morgan fingerprint density at radius 2 is 1.73 bits per heavy atom. The molecule has 1 unspecified atom stereocenters. The summed E-state index contributed by atoms with van der Waals surface area (Å²) >= 11 is 0. The molecule has 0 saturated heterocycles. The fourth-order valence-corrected chi connectivity index (χ4v) is 2.32. The standard InChI is InChI=1S/C20H26O2/c1-6-14(3)15-8-9-17-13-18(11-10-16(17)12-15)19(21)22-20(4,5)7-2/h8-14H,6-7H2,1-5H3. The average Bonchev–Trinajstić information content (AvgIpc) is 2.52. The lowest BCUT2D eigenvalue weighted by atomic mass is 9.95. The molecule has 22 heavy (non-hydrogen) atoms. The molecular formula is C20H26O2. The lowest BCUT2D eigenvalue weighted by Gasteiger charge is -2.23. The van der Waals surface area contributed by atoms with E-state index in [-0.39, 0.29) is 5.97 Å². The Hall–Kier alpha value is -1.83. The summed E-state index contributed by atoms with van der Waals surface area (Å²) in [6.45, 7) is 10.3. The normalized spacial score (nSPS) is 13.1. The molecule has 2 heteroatoms.